The van der Waals surface area contributed by atoms with Crippen LogP contribution in [0.3, 0.4) is 0 Å². The number of nitrogens with zero attached hydrogens (tertiary/aromatic N) is 1. The van der Waals surface area contributed by atoms with Crippen molar-refractivity contribution in [3.63, 3.8) is 0 Å². The lowest BCUT2D eigenvalue weighted by molar-refractivity contribution is -0.138. The lowest BCUT2D eigenvalue weighted by Crippen LogP contribution is -2.14. The molecule has 6 heteroatoms. The van der Waals surface area contributed by atoms with E-state index in [1.54, 1.807) is 0 Å². The molecule has 0 unspecified atom stereocenters. The van der Waals surface area contributed by atoms with E-state index < -0.39 is 0 Å². The quantitative estimate of drug-likeness (QED) is 0.876. The van der Waals surface area contributed by atoms with Crippen molar-refractivity contribution in [1.29, 1.82) is 0 Å². The summed E-state index contributed by atoms with van der Waals surface area (Å²) in [5.74, 6) is -0.329. The third kappa shape index (κ3) is 3.00. The molecular weight excluding hydrogens is 272 g/mol. The van der Waals surface area contributed by atoms with E-state index in [4.69, 9.17) is 11.6 Å². The largest absolute Gasteiger partial charge is 0.468 e. The van der Waals surface area contributed by atoms with Gasteiger partial charge in [0.2, 0.25) is 0 Å². The zero-order valence-electron chi connectivity index (χ0n) is 9.64. The second kappa shape index (κ2) is 5.84. The molecule has 0 aliphatic carbocycles. The fourth-order valence-electron chi connectivity index (χ4n) is 1.37. The average molecular weight is 283 g/mol. The van der Waals surface area contributed by atoms with E-state index in [0.717, 1.165) is 11.3 Å². The highest BCUT2D eigenvalue weighted by atomic mass is 35.5. The van der Waals surface area contributed by atoms with E-state index in [1.807, 2.05) is 29.6 Å². The summed E-state index contributed by atoms with van der Waals surface area (Å²) in [5, 5.41) is 6.10. The lowest BCUT2D eigenvalue weighted by atomic mass is 10.2. The number of hydrogen-bond acceptors (Lipinski definition) is 5. The number of nitrogens with one attached hydrogen (secondary N) is 1. The van der Waals surface area contributed by atoms with Crippen molar-refractivity contribution in [2.75, 3.05) is 19.0 Å². The van der Waals surface area contributed by atoms with E-state index in [0.29, 0.717) is 10.2 Å². The lowest BCUT2D eigenvalue weighted by Gasteiger charge is -2.01. The second-order valence-electron chi connectivity index (χ2n) is 3.45. The van der Waals surface area contributed by atoms with Gasteiger partial charge in [-0.3, -0.25) is 4.79 Å². The molecule has 0 saturated carbocycles. The van der Waals surface area contributed by atoms with Crippen LogP contribution in [0.15, 0.2) is 29.6 Å². The van der Waals surface area contributed by atoms with Gasteiger partial charge in [0.25, 0.3) is 0 Å². The average Bonchev–Trinajstić information content (AvgIpc) is 2.85. The molecule has 1 N–H and O–H groups in total. The number of methoxy groups -OCH3 is 1. The molecule has 0 atom stereocenters. The van der Waals surface area contributed by atoms with Crippen LogP contribution in [0.4, 0.5) is 5.13 Å². The minimum absolute atomic E-state index is 0.103. The summed E-state index contributed by atoms with van der Waals surface area (Å²) in [6.07, 6.45) is 0. The predicted molar refractivity (Wildman–Crippen MR) is 73.1 cm³/mol. The number of aromatic nitrogens is 1. The molecular formula is C12H11ClN2O2S. The van der Waals surface area contributed by atoms with Crippen molar-refractivity contribution >= 4 is 34.0 Å². The highest BCUT2D eigenvalue weighted by molar-refractivity contribution is 7.14. The highest BCUT2D eigenvalue weighted by Gasteiger charge is 2.08. The van der Waals surface area contributed by atoms with E-state index in [-0.39, 0.29) is 12.5 Å². The number of halogens is 1. The van der Waals surface area contributed by atoms with Crippen LogP contribution in [0.1, 0.15) is 0 Å². The molecule has 0 aliphatic rings. The number of benzene rings is 1. The molecule has 94 valence electrons. The SMILES string of the molecule is COC(=O)CNc1nc(-c2ccccc2Cl)cs1. The van der Waals surface area contributed by atoms with Gasteiger partial charge in [-0.1, -0.05) is 29.8 Å². The summed E-state index contributed by atoms with van der Waals surface area (Å²) in [6.45, 7) is 0.103. The van der Waals surface area contributed by atoms with Gasteiger partial charge in [0, 0.05) is 16.0 Å². The van der Waals surface area contributed by atoms with Crippen LogP contribution < -0.4 is 5.32 Å². The normalized spacial score (nSPS) is 10.1. The Morgan fingerprint density at radius 2 is 2.28 bits per heavy atom. The zero-order chi connectivity index (χ0) is 13.0. The standard InChI is InChI=1S/C12H11ClN2O2S/c1-17-11(16)6-14-12-15-10(7-18-12)8-4-2-3-5-9(8)13/h2-5,7H,6H2,1H3,(H,14,15). The summed E-state index contributed by atoms with van der Waals surface area (Å²) >= 11 is 7.51. The first-order chi connectivity index (χ1) is 8.70. The zero-order valence-corrected chi connectivity index (χ0v) is 11.2. The maximum atomic E-state index is 11.0. The summed E-state index contributed by atoms with van der Waals surface area (Å²) in [5.41, 5.74) is 1.67. The molecule has 0 radical (unpaired) electrons. The van der Waals surface area contributed by atoms with Crippen LogP contribution in [-0.4, -0.2) is 24.6 Å². The van der Waals surface area contributed by atoms with Crippen LogP contribution in [0.2, 0.25) is 5.02 Å². The Balaban J connectivity index is 2.11. The van der Waals surface area contributed by atoms with Crippen molar-refractivity contribution in [2.24, 2.45) is 0 Å². The second-order valence-corrected chi connectivity index (χ2v) is 4.71. The molecule has 18 heavy (non-hydrogen) atoms. The van der Waals surface area contributed by atoms with E-state index in [2.05, 4.69) is 15.0 Å². The maximum Gasteiger partial charge on any atom is 0.325 e. The van der Waals surface area contributed by atoms with E-state index >= 15 is 0 Å². The maximum absolute atomic E-state index is 11.0. The summed E-state index contributed by atoms with van der Waals surface area (Å²) in [6, 6.07) is 7.50. The molecule has 0 amide bonds. The van der Waals surface area contributed by atoms with Gasteiger partial charge in [0.1, 0.15) is 6.54 Å². The topological polar surface area (TPSA) is 51.2 Å². The third-order valence-electron chi connectivity index (χ3n) is 2.27. The molecule has 0 bridgehead atoms. The number of anilines is 1. The Morgan fingerprint density at radius 3 is 3.00 bits per heavy atom. The first-order valence-corrected chi connectivity index (χ1v) is 6.47. The Kier molecular flexibility index (Phi) is 4.17. The Bertz CT molecular complexity index is 557. The minimum atomic E-state index is -0.329. The third-order valence-corrected chi connectivity index (χ3v) is 3.40. The number of thiazole rings is 1. The van der Waals surface area contributed by atoms with E-state index in [9.17, 15) is 4.79 Å². The molecule has 1 heterocycles. The van der Waals surface area contributed by atoms with Crippen molar-refractivity contribution in [2.45, 2.75) is 0 Å². The fraction of sp³-hybridized carbons (Fsp3) is 0.167. The number of rotatable bonds is 4. The van der Waals surface area contributed by atoms with Crippen LogP contribution in [-0.2, 0) is 9.53 Å². The van der Waals surface area contributed by atoms with Gasteiger partial charge in [0.05, 0.1) is 12.8 Å². The number of esters is 1. The Labute approximate surface area is 114 Å². The van der Waals surface area contributed by atoms with Gasteiger partial charge >= 0.3 is 5.97 Å². The van der Waals surface area contributed by atoms with Crippen LogP contribution in [0.25, 0.3) is 11.3 Å². The molecule has 1 aromatic carbocycles. The van der Waals surface area contributed by atoms with Crippen LogP contribution in [0.5, 0.6) is 0 Å². The summed E-state index contributed by atoms with van der Waals surface area (Å²) < 4.78 is 4.54. The van der Waals surface area contributed by atoms with Gasteiger partial charge < -0.3 is 10.1 Å². The first kappa shape index (κ1) is 12.9. The van der Waals surface area contributed by atoms with Gasteiger partial charge in [-0.25, -0.2) is 4.98 Å². The number of ether oxygens (including phenoxy) is 1. The molecule has 0 saturated heterocycles. The summed E-state index contributed by atoms with van der Waals surface area (Å²) in [4.78, 5) is 15.3. The fourth-order valence-corrected chi connectivity index (χ4v) is 2.31. The molecule has 2 aromatic rings. The minimum Gasteiger partial charge on any atom is -0.468 e. The molecule has 1 aromatic heterocycles. The van der Waals surface area contributed by atoms with Crippen LogP contribution >= 0.6 is 22.9 Å². The van der Waals surface area contributed by atoms with Crippen molar-refractivity contribution in [1.82, 2.24) is 4.98 Å². The van der Waals surface area contributed by atoms with Gasteiger partial charge in [-0.15, -0.1) is 11.3 Å². The molecule has 2 rings (SSSR count). The van der Waals surface area contributed by atoms with E-state index in [1.165, 1.54) is 18.4 Å². The van der Waals surface area contributed by atoms with Crippen molar-refractivity contribution in [3.05, 3.63) is 34.7 Å². The van der Waals surface area contributed by atoms with Crippen LogP contribution in [0, 0.1) is 0 Å². The highest BCUT2D eigenvalue weighted by Crippen LogP contribution is 2.30. The first-order valence-electron chi connectivity index (χ1n) is 5.22. The predicted octanol–water partition coefficient (Wildman–Crippen LogP) is 3.05. The monoisotopic (exact) mass is 282 g/mol. The Morgan fingerprint density at radius 1 is 1.50 bits per heavy atom. The van der Waals surface area contributed by atoms with Crippen molar-refractivity contribution < 1.29 is 9.53 Å². The molecule has 0 spiro atoms. The van der Waals surface area contributed by atoms with Gasteiger partial charge in [0.15, 0.2) is 5.13 Å². The number of carbonyl (C=O) groups excluding carboxylic acids is 1. The Hall–Kier alpha value is -1.59. The number of hydrogen-bond donors (Lipinski definition) is 1. The van der Waals surface area contributed by atoms with Crippen molar-refractivity contribution in [3.8, 4) is 11.3 Å². The molecule has 4 nitrogen and oxygen atoms in total. The van der Waals surface area contributed by atoms with Gasteiger partial charge in [-0.05, 0) is 6.07 Å². The van der Waals surface area contributed by atoms with Gasteiger partial charge in [-0.2, -0.15) is 0 Å². The molecule has 0 fully saturated rings. The smallest absolute Gasteiger partial charge is 0.325 e. The number of carbonyl (C=O) groups is 1. The molecule has 0 aliphatic heterocycles. The summed E-state index contributed by atoms with van der Waals surface area (Å²) in [7, 11) is 1.35.